The number of benzene rings is 2. The zero-order chi connectivity index (χ0) is 25.5. The van der Waals surface area contributed by atoms with Crippen LogP contribution in [0.5, 0.6) is 5.75 Å². The van der Waals surface area contributed by atoms with E-state index < -0.39 is 27.4 Å². The van der Waals surface area contributed by atoms with Gasteiger partial charge < -0.3 is 19.9 Å². The van der Waals surface area contributed by atoms with Gasteiger partial charge in [0.2, 0.25) is 17.7 Å². The molecule has 10 nitrogen and oxygen atoms in total. The Balaban J connectivity index is 1.27. The number of nitrogens with zero attached hydrogens (tertiary/aromatic N) is 3. The lowest BCUT2D eigenvalue weighted by Gasteiger charge is -2.52. The third kappa shape index (κ3) is 4.34. The van der Waals surface area contributed by atoms with Crippen molar-refractivity contribution in [2.45, 2.75) is 48.5 Å². The first kappa shape index (κ1) is 24.0. The summed E-state index contributed by atoms with van der Waals surface area (Å²) in [4.78, 5) is 31.6. The van der Waals surface area contributed by atoms with E-state index in [4.69, 9.17) is 15.0 Å². The van der Waals surface area contributed by atoms with Crippen molar-refractivity contribution in [1.29, 1.82) is 0 Å². The molecule has 1 fully saturated rings. The Bertz CT molecular complexity index is 1410. The summed E-state index contributed by atoms with van der Waals surface area (Å²) >= 11 is 0. The van der Waals surface area contributed by atoms with Crippen LogP contribution in [0.3, 0.4) is 0 Å². The summed E-state index contributed by atoms with van der Waals surface area (Å²) in [6.07, 6.45) is 1.21. The maximum Gasteiger partial charge on any atom is 0.238 e. The fourth-order valence-corrected chi connectivity index (χ4v) is 6.29. The fourth-order valence-electron chi connectivity index (χ4n) is 5.10. The lowest BCUT2D eigenvalue weighted by Crippen LogP contribution is -2.64. The number of hydrogen-bond donors (Lipinski definition) is 1. The van der Waals surface area contributed by atoms with Crippen LogP contribution in [-0.2, 0) is 31.6 Å². The van der Waals surface area contributed by atoms with E-state index in [2.05, 4.69) is 10.1 Å². The number of aromatic nitrogens is 2. The Labute approximate surface area is 208 Å². The number of ether oxygens (including phenoxy) is 1. The van der Waals surface area contributed by atoms with Crippen molar-refractivity contribution < 1.29 is 27.3 Å². The largest absolute Gasteiger partial charge is 0.468 e. The normalized spacial score (nSPS) is 23.1. The van der Waals surface area contributed by atoms with E-state index in [-0.39, 0.29) is 40.7 Å². The number of nitrogens with two attached hydrogens (primary N) is 1. The quantitative estimate of drug-likeness (QED) is 0.454. The number of primary amides is 1. The van der Waals surface area contributed by atoms with Crippen LogP contribution in [0.1, 0.15) is 43.0 Å². The summed E-state index contributed by atoms with van der Waals surface area (Å²) in [7, 11) is -3.60. The molecule has 2 bridgehead atoms. The number of sulfone groups is 1. The number of amides is 2. The van der Waals surface area contributed by atoms with Gasteiger partial charge in [-0.05, 0) is 37.1 Å². The summed E-state index contributed by atoms with van der Waals surface area (Å²) in [6, 6.07) is 15.5. The number of rotatable bonds is 8. The molecule has 36 heavy (non-hydrogen) atoms. The molecule has 11 heteroatoms. The lowest BCUT2D eigenvalue weighted by atomic mass is 9.73. The smallest absolute Gasteiger partial charge is 0.238 e. The highest BCUT2D eigenvalue weighted by molar-refractivity contribution is 7.90. The van der Waals surface area contributed by atoms with Crippen molar-refractivity contribution in [2.75, 3.05) is 6.54 Å². The predicted octanol–water partition coefficient (Wildman–Crippen LogP) is 2.20. The Kier molecular flexibility index (Phi) is 6.03. The van der Waals surface area contributed by atoms with Crippen molar-refractivity contribution in [2.24, 2.45) is 11.7 Å². The number of para-hydroxylation sites is 1. The van der Waals surface area contributed by atoms with Gasteiger partial charge in [-0.2, -0.15) is 4.98 Å². The van der Waals surface area contributed by atoms with E-state index in [0.717, 1.165) is 5.56 Å². The molecule has 0 saturated carbocycles. The monoisotopic (exact) mass is 510 g/mol. The van der Waals surface area contributed by atoms with E-state index in [1.54, 1.807) is 23.1 Å². The van der Waals surface area contributed by atoms with Gasteiger partial charge >= 0.3 is 0 Å². The van der Waals surface area contributed by atoms with Crippen molar-refractivity contribution in [3.8, 4) is 5.75 Å². The van der Waals surface area contributed by atoms with Gasteiger partial charge in [0.15, 0.2) is 21.4 Å². The van der Waals surface area contributed by atoms with Crippen molar-refractivity contribution in [3.63, 3.8) is 0 Å². The zero-order valence-electron chi connectivity index (χ0n) is 19.7. The second-order valence-corrected chi connectivity index (χ2v) is 11.3. The molecule has 2 aliphatic rings. The van der Waals surface area contributed by atoms with Gasteiger partial charge in [0, 0.05) is 25.3 Å². The van der Waals surface area contributed by atoms with E-state index in [9.17, 15) is 18.0 Å². The number of likely N-dealkylation sites (tertiary alicyclic amines) is 1. The van der Waals surface area contributed by atoms with E-state index in [1.165, 1.54) is 12.1 Å². The number of carbonyl (C=O) groups excluding carboxylic acids is 2. The Morgan fingerprint density at radius 2 is 1.89 bits per heavy atom. The highest BCUT2D eigenvalue weighted by Crippen LogP contribution is 2.50. The molecule has 188 valence electrons. The molecule has 2 amide bonds. The first-order valence-electron chi connectivity index (χ1n) is 11.7. The fraction of sp³-hybridized carbons (Fsp3) is 0.360. The van der Waals surface area contributed by atoms with Crippen LogP contribution in [0.4, 0.5) is 0 Å². The minimum absolute atomic E-state index is 0.0683. The van der Waals surface area contributed by atoms with E-state index in [0.29, 0.717) is 25.0 Å². The topological polar surface area (TPSA) is 146 Å². The average molecular weight is 511 g/mol. The molecule has 0 spiro atoms. The molecule has 5 rings (SSSR count). The van der Waals surface area contributed by atoms with Gasteiger partial charge in [-0.15, -0.1) is 0 Å². The maximum absolute atomic E-state index is 13.4. The molecule has 2 N–H and O–H groups in total. The minimum atomic E-state index is -3.60. The van der Waals surface area contributed by atoms with Crippen LogP contribution in [0, 0.1) is 5.92 Å². The zero-order valence-corrected chi connectivity index (χ0v) is 20.5. The molecule has 3 heterocycles. The third-order valence-corrected chi connectivity index (χ3v) is 8.39. The lowest BCUT2D eigenvalue weighted by molar-refractivity contribution is -0.175. The molecule has 3 aromatic rings. The molecule has 0 aliphatic carbocycles. The Morgan fingerprint density at radius 1 is 1.17 bits per heavy atom. The van der Waals surface area contributed by atoms with Gasteiger partial charge in [0.25, 0.3) is 0 Å². The highest BCUT2D eigenvalue weighted by atomic mass is 32.2. The van der Waals surface area contributed by atoms with Crippen molar-refractivity contribution in [3.05, 3.63) is 71.9 Å². The van der Waals surface area contributed by atoms with Gasteiger partial charge in [-0.25, -0.2) is 8.42 Å². The van der Waals surface area contributed by atoms with Crippen LogP contribution in [-0.4, -0.2) is 47.5 Å². The second kappa shape index (κ2) is 9.05. The average Bonchev–Trinajstić information content (AvgIpc) is 3.27. The molecule has 3 atom stereocenters. The summed E-state index contributed by atoms with van der Waals surface area (Å²) in [5.41, 5.74) is 5.55. The Hall–Kier alpha value is -3.73. The second-order valence-electron chi connectivity index (χ2n) is 9.28. The van der Waals surface area contributed by atoms with Crippen LogP contribution < -0.4 is 10.5 Å². The Morgan fingerprint density at radius 3 is 2.64 bits per heavy atom. The number of hydrogen-bond acceptors (Lipinski definition) is 8. The van der Waals surface area contributed by atoms with E-state index >= 15 is 0 Å². The van der Waals surface area contributed by atoms with E-state index in [1.807, 2.05) is 31.2 Å². The first-order chi connectivity index (χ1) is 17.2. The molecule has 3 unspecified atom stereocenters. The molecular formula is C25H26N4O6S. The predicted molar refractivity (Wildman–Crippen MR) is 127 cm³/mol. The number of aryl methyl sites for hydroxylation is 1. The first-order valence-corrected chi connectivity index (χ1v) is 13.3. The summed E-state index contributed by atoms with van der Waals surface area (Å²) in [5, 5.41) is 3.80. The van der Waals surface area contributed by atoms with Gasteiger partial charge in [-0.3, -0.25) is 9.59 Å². The molecule has 2 aromatic carbocycles. The molecular weight excluding hydrogens is 484 g/mol. The van der Waals surface area contributed by atoms with Crippen LogP contribution in [0.2, 0.25) is 0 Å². The summed E-state index contributed by atoms with van der Waals surface area (Å²) < 4.78 is 36.6. The molecule has 1 aromatic heterocycles. The highest BCUT2D eigenvalue weighted by Gasteiger charge is 2.55. The SMILES string of the molecule is CC12CC(c3ccccc3O1)C(C(N)=O)C(=O)N2CCCc1nc(CS(=O)(=O)c2ccccc2)no1. The van der Waals surface area contributed by atoms with Gasteiger partial charge in [0.05, 0.1) is 4.90 Å². The summed E-state index contributed by atoms with van der Waals surface area (Å²) in [5.74, 6) is -1.74. The number of fused-ring (bicyclic) bond motifs is 4. The number of carbonyl (C=O) groups is 2. The van der Waals surface area contributed by atoms with Gasteiger partial charge in [0.1, 0.15) is 17.4 Å². The van der Waals surface area contributed by atoms with Crippen molar-refractivity contribution >= 4 is 21.7 Å². The van der Waals surface area contributed by atoms with Crippen LogP contribution in [0.15, 0.2) is 64.0 Å². The summed E-state index contributed by atoms with van der Waals surface area (Å²) in [6.45, 7) is 2.11. The number of piperidine rings is 1. The standard InChI is InChI=1S/C25H26N4O6S/c1-25-14-18(17-10-5-6-11-19(17)34-25)22(23(26)30)24(31)29(25)13-7-12-21-27-20(28-35-21)15-36(32,33)16-8-3-2-4-9-16/h2-6,8-11,18,22H,7,12-15H2,1H3,(H2,26,30). The van der Waals surface area contributed by atoms with Crippen LogP contribution >= 0.6 is 0 Å². The molecule has 2 aliphatic heterocycles. The van der Waals surface area contributed by atoms with Gasteiger partial charge in [-0.1, -0.05) is 41.6 Å². The third-order valence-electron chi connectivity index (χ3n) is 6.76. The maximum atomic E-state index is 13.4. The van der Waals surface area contributed by atoms with Crippen molar-refractivity contribution in [1.82, 2.24) is 15.0 Å². The molecule has 1 saturated heterocycles. The minimum Gasteiger partial charge on any atom is -0.468 e. The molecule has 0 radical (unpaired) electrons. The van der Waals surface area contributed by atoms with Crippen LogP contribution in [0.25, 0.3) is 0 Å².